The molecule has 25 heavy (non-hydrogen) atoms. The Bertz CT molecular complexity index is 892. The number of rotatable bonds is 6. The summed E-state index contributed by atoms with van der Waals surface area (Å²) in [5, 5.41) is 14.9. The molecule has 6 nitrogen and oxygen atoms in total. The number of hydrogen-bond acceptors (Lipinski definition) is 3. The third-order valence-corrected chi connectivity index (χ3v) is 4.44. The molecule has 0 aliphatic carbocycles. The van der Waals surface area contributed by atoms with Gasteiger partial charge in [-0.1, -0.05) is 23.2 Å². The molecule has 3 rings (SSSR count). The van der Waals surface area contributed by atoms with E-state index in [1.165, 1.54) is 0 Å². The molecule has 0 unspecified atom stereocenters. The zero-order valence-electron chi connectivity index (χ0n) is 13.0. The molecule has 9 heteroatoms. The first kappa shape index (κ1) is 18.0. The maximum atomic E-state index is 12.2. The van der Waals surface area contributed by atoms with E-state index in [-0.39, 0.29) is 5.91 Å². The van der Waals surface area contributed by atoms with Crippen LogP contribution < -0.4 is 5.32 Å². The maximum Gasteiger partial charge on any atom is 0.269 e. The van der Waals surface area contributed by atoms with Gasteiger partial charge in [-0.25, -0.2) is 0 Å². The fourth-order valence-electron chi connectivity index (χ4n) is 2.27. The standard InChI is InChI=1S/C16H14BrCl2N5O/c17-10-8-21-24(9-10)5-1-4-20-16(25)15-7-14(22-23-15)12-3-2-11(18)6-13(12)19/h2-3,6-9H,1,4-5H2,(H,20,25)(H,22,23). The number of nitrogens with zero attached hydrogens (tertiary/aromatic N) is 3. The van der Waals surface area contributed by atoms with Crippen molar-refractivity contribution in [3.8, 4) is 11.3 Å². The molecule has 0 radical (unpaired) electrons. The number of aromatic nitrogens is 4. The topological polar surface area (TPSA) is 75.6 Å². The molecular formula is C16H14BrCl2N5O. The fourth-order valence-corrected chi connectivity index (χ4v) is 3.11. The molecule has 2 aromatic heterocycles. The fraction of sp³-hybridized carbons (Fsp3) is 0.188. The molecule has 0 atom stereocenters. The second kappa shape index (κ2) is 8.03. The Kier molecular flexibility index (Phi) is 5.78. The molecule has 0 aliphatic rings. The predicted molar refractivity (Wildman–Crippen MR) is 101 cm³/mol. The van der Waals surface area contributed by atoms with Crippen molar-refractivity contribution in [1.29, 1.82) is 0 Å². The van der Waals surface area contributed by atoms with E-state index in [1.54, 1.807) is 30.5 Å². The lowest BCUT2D eigenvalue weighted by molar-refractivity contribution is 0.0947. The molecular weight excluding hydrogens is 429 g/mol. The van der Waals surface area contributed by atoms with E-state index in [0.717, 1.165) is 17.4 Å². The number of H-pyrrole nitrogens is 1. The van der Waals surface area contributed by atoms with E-state index in [2.05, 4.69) is 36.5 Å². The van der Waals surface area contributed by atoms with Gasteiger partial charge in [0.1, 0.15) is 5.69 Å². The molecule has 2 heterocycles. The van der Waals surface area contributed by atoms with Crippen LogP contribution in [0.3, 0.4) is 0 Å². The van der Waals surface area contributed by atoms with Crippen LogP contribution in [-0.2, 0) is 6.54 Å². The smallest absolute Gasteiger partial charge is 0.269 e. The summed E-state index contributed by atoms with van der Waals surface area (Å²) in [4.78, 5) is 12.2. The van der Waals surface area contributed by atoms with Crippen molar-refractivity contribution in [3.63, 3.8) is 0 Å². The van der Waals surface area contributed by atoms with Crippen LogP contribution in [0.2, 0.25) is 10.0 Å². The Balaban J connectivity index is 1.55. The summed E-state index contributed by atoms with van der Waals surface area (Å²) in [5.74, 6) is -0.217. The Morgan fingerprint density at radius 3 is 2.88 bits per heavy atom. The lowest BCUT2D eigenvalue weighted by atomic mass is 10.1. The number of aryl methyl sites for hydroxylation is 1. The first-order chi connectivity index (χ1) is 12.0. The molecule has 1 aromatic carbocycles. The Labute approximate surface area is 162 Å². The average molecular weight is 443 g/mol. The highest BCUT2D eigenvalue weighted by Gasteiger charge is 2.13. The number of benzene rings is 1. The Morgan fingerprint density at radius 2 is 2.16 bits per heavy atom. The van der Waals surface area contributed by atoms with Gasteiger partial charge in [0.2, 0.25) is 0 Å². The predicted octanol–water partition coefficient (Wildman–Crippen LogP) is 4.16. The summed E-state index contributed by atoms with van der Waals surface area (Å²) in [5.41, 5.74) is 1.68. The molecule has 0 saturated carbocycles. The van der Waals surface area contributed by atoms with E-state index in [4.69, 9.17) is 23.2 Å². The lowest BCUT2D eigenvalue weighted by Gasteiger charge is -2.03. The molecule has 2 N–H and O–H groups in total. The average Bonchev–Trinajstić information content (AvgIpc) is 3.21. The maximum absolute atomic E-state index is 12.2. The van der Waals surface area contributed by atoms with Gasteiger partial charge in [0.25, 0.3) is 5.91 Å². The van der Waals surface area contributed by atoms with Crippen LogP contribution in [0.25, 0.3) is 11.3 Å². The van der Waals surface area contributed by atoms with E-state index in [0.29, 0.717) is 33.5 Å². The number of carbonyl (C=O) groups is 1. The van der Waals surface area contributed by atoms with E-state index < -0.39 is 0 Å². The minimum Gasteiger partial charge on any atom is -0.351 e. The number of halogens is 3. The highest BCUT2D eigenvalue weighted by molar-refractivity contribution is 9.10. The highest BCUT2D eigenvalue weighted by Crippen LogP contribution is 2.29. The number of hydrogen-bond donors (Lipinski definition) is 2. The quantitative estimate of drug-likeness (QED) is 0.562. The zero-order chi connectivity index (χ0) is 17.8. The molecule has 0 fully saturated rings. The second-order valence-electron chi connectivity index (χ2n) is 5.32. The number of nitrogens with one attached hydrogen (secondary N) is 2. The van der Waals surface area contributed by atoms with Gasteiger partial charge >= 0.3 is 0 Å². The third-order valence-electron chi connectivity index (χ3n) is 3.48. The van der Waals surface area contributed by atoms with Crippen LogP contribution in [0, 0.1) is 0 Å². The van der Waals surface area contributed by atoms with Crippen molar-refractivity contribution in [2.75, 3.05) is 6.54 Å². The number of aromatic amines is 1. The van der Waals surface area contributed by atoms with Crippen LogP contribution in [0.5, 0.6) is 0 Å². The largest absolute Gasteiger partial charge is 0.351 e. The van der Waals surface area contributed by atoms with Gasteiger partial charge in [-0.3, -0.25) is 14.6 Å². The summed E-state index contributed by atoms with van der Waals surface area (Å²) in [6.07, 6.45) is 4.38. The minimum absolute atomic E-state index is 0.217. The van der Waals surface area contributed by atoms with Gasteiger partial charge in [0.15, 0.2) is 0 Å². The molecule has 0 spiro atoms. The first-order valence-electron chi connectivity index (χ1n) is 7.50. The summed E-state index contributed by atoms with van der Waals surface area (Å²) in [7, 11) is 0. The van der Waals surface area contributed by atoms with Gasteiger partial charge in [-0.2, -0.15) is 10.2 Å². The summed E-state index contributed by atoms with van der Waals surface area (Å²) in [6, 6.07) is 6.80. The van der Waals surface area contributed by atoms with Crippen molar-refractivity contribution in [3.05, 3.63) is 56.9 Å². The van der Waals surface area contributed by atoms with Crippen LogP contribution in [-0.4, -0.2) is 32.4 Å². The van der Waals surface area contributed by atoms with Crippen LogP contribution in [0.15, 0.2) is 41.1 Å². The summed E-state index contributed by atoms with van der Waals surface area (Å²) >= 11 is 15.4. The number of carbonyl (C=O) groups excluding carboxylic acids is 1. The van der Waals surface area contributed by atoms with Gasteiger partial charge in [-0.15, -0.1) is 0 Å². The van der Waals surface area contributed by atoms with Crippen LogP contribution in [0.4, 0.5) is 0 Å². The van der Waals surface area contributed by atoms with Crippen molar-refractivity contribution in [2.24, 2.45) is 0 Å². The zero-order valence-corrected chi connectivity index (χ0v) is 16.1. The van der Waals surface area contributed by atoms with Gasteiger partial charge in [0.05, 0.1) is 21.4 Å². The van der Waals surface area contributed by atoms with Gasteiger partial charge < -0.3 is 5.32 Å². The van der Waals surface area contributed by atoms with Crippen molar-refractivity contribution < 1.29 is 4.79 Å². The Hall–Kier alpha value is -1.83. The molecule has 1 amide bonds. The molecule has 0 bridgehead atoms. The molecule has 0 saturated heterocycles. The van der Waals surface area contributed by atoms with Crippen molar-refractivity contribution in [1.82, 2.24) is 25.3 Å². The minimum atomic E-state index is -0.217. The SMILES string of the molecule is O=C(NCCCn1cc(Br)cn1)c1cc(-c2ccc(Cl)cc2Cl)n[nH]1. The Morgan fingerprint density at radius 1 is 1.32 bits per heavy atom. The van der Waals surface area contributed by atoms with E-state index in [1.807, 2.05) is 10.9 Å². The van der Waals surface area contributed by atoms with E-state index >= 15 is 0 Å². The summed E-state index contributed by atoms with van der Waals surface area (Å²) in [6.45, 7) is 1.26. The molecule has 130 valence electrons. The first-order valence-corrected chi connectivity index (χ1v) is 9.05. The van der Waals surface area contributed by atoms with Crippen molar-refractivity contribution >= 4 is 45.0 Å². The molecule has 3 aromatic rings. The number of amides is 1. The normalized spacial score (nSPS) is 10.8. The lowest BCUT2D eigenvalue weighted by Crippen LogP contribution is -2.25. The van der Waals surface area contributed by atoms with E-state index in [9.17, 15) is 4.79 Å². The second-order valence-corrected chi connectivity index (χ2v) is 7.08. The summed E-state index contributed by atoms with van der Waals surface area (Å²) < 4.78 is 2.75. The van der Waals surface area contributed by atoms with Gasteiger partial charge in [-0.05, 0) is 46.6 Å². The molecule has 0 aliphatic heterocycles. The van der Waals surface area contributed by atoms with Crippen LogP contribution >= 0.6 is 39.1 Å². The monoisotopic (exact) mass is 441 g/mol. The third kappa shape index (κ3) is 4.62. The highest BCUT2D eigenvalue weighted by atomic mass is 79.9. The van der Waals surface area contributed by atoms with Crippen LogP contribution in [0.1, 0.15) is 16.9 Å². The van der Waals surface area contributed by atoms with Gasteiger partial charge in [0, 0.05) is 29.9 Å². The van der Waals surface area contributed by atoms with Crippen molar-refractivity contribution in [2.45, 2.75) is 13.0 Å².